The molecule has 3 rings (SSSR count). The fraction of sp³-hybridized carbons (Fsp3) is 0.947. The molecule has 2 saturated heterocycles. The largest absolute Gasteiger partial charge is 0.379 e. The molecule has 6 heteroatoms. The average Bonchev–Trinajstić information content (AvgIpc) is 3.02. The third kappa shape index (κ3) is 6.24. The highest BCUT2D eigenvalue weighted by Gasteiger charge is 2.39. The van der Waals surface area contributed by atoms with E-state index in [1.54, 1.807) is 0 Å². The van der Waals surface area contributed by atoms with Crippen LogP contribution in [0.15, 0.2) is 4.99 Å². The second-order valence-electron chi connectivity index (χ2n) is 7.78. The number of halogens is 1. The normalized spacial score (nSPS) is 24.4. The Hall–Kier alpha value is -0.0800. The molecule has 1 spiro atoms. The summed E-state index contributed by atoms with van der Waals surface area (Å²) in [6.07, 6.45) is 9.68. The number of nitrogens with zero attached hydrogens (tertiary/aromatic N) is 3. The van der Waals surface area contributed by atoms with Gasteiger partial charge in [0.25, 0.3) is 0 Å². The minimum Gasteiger partial charge on any atom is -0.379 e. The van der Waals surface area contributed by atoms with Crippen LogP contribution in [-0.2, 0) is 4.74 Å². The van der Waals surface area contributed by atoms with Crippen LogP contribution >= 0.6 is 24.0 Å². The van der Waals surface area contributed by atoms with Crippen molar-refractivity contribution in [1.29, 1.82) is 0 Å². The molecule has 1 N–H and O–H groups in total. The molecular formula is C19H37IN4O. The van der Waals surface area contributed by atoms with E-state index in [9.17, 15) is 0 Å². The van der Waals surface area contributed by atoms with Crippen molar-refractivity contribution in [2.75, 3.05) is 59.0 Å². The van der Waals surface area contributed by atoms with Gasteiger partial charge in [0.1, 0.15) is 0 Å². The lowest BCUT2D eigenvalue weighted by atomic mass is 9.73. The first-order valence-electron chi connectivity index (χ1n) is 10.1. The van der Waals surface area contributed by atoms with Crippen molar-refractivity contribution in [3.8, 4) is 0 Å². The molecule has 146 valence electrons. The molecule has 0 aromatic rings. The predicted molar refractivity (Wildman–Crippen MR) is 115 cm³/mol. The van der Waals surface area contributed by atoms with E-state index >= 15 is 0 Å². The van der Waals surface area contributed by atoms with E-state index in [0.717, 1.165) is 58.3 Å². The summed E-state index contributed by atoms with van der Waals surface area (Å²) in [6, 6.07) is 0. The molecule has 5 nitrogen and oxygen atoms in total. The molecule has 0 bridgehead atoms. The van der Waals surface area contributed by atoms with Crippen LogP contribution < -0.4 is 5.32 Å². The highest BCUT2D eigenvalue weighted by atomic mass is 127. The lowest BCUT2D eigenvalue weighted by Crippen LogP contribution is -2.42. The van der Waals surface area contributed by atoms with Crippen LogP contribution in [0.1, 0.15) is 51.9 Å². The highest BCUT2D eigenvalue weighted by Crippen LogP contribution is 2.43. The van der Waals surface area contributed by atoms with Crippen molar-refractivity contribution in [1.82, 2.24) is 15.1 Å². The van der Waals surface area contributed by atoms with E-state index in [-0.39, 0.29) is 24.0 Å². The van der Waals surface area contributed by atoms with Crippen LogP contribution in [0.4, 0.5) is 0 Å². The van der Waals surface area contributed by atoms with Gasteiger partial charge in [-0.05, 0) is 38.0 Å². The predicted octanol–water partition coefficient (Wildman–Crippen LogP) is 2.95. The summed E-state index contributed by atoms with van der Waals surface area (Å²) in [4.78, 5) is 9.96. The summed E-state index contributed by atoms with van der Waals surface area (Å²) < 4.78 is 5.41. The molecule has 3 fully saturated rings. The fourth-order valence-electron chi connectivity index (χ4n) is 4.56. The lowest BCUT2D eigenvalue weighted by Gasteiger charge is -2.33. The zero-order valence-electron chi connectivity index (χ0n) is 16.0. The van der Waals surface area contributed by atoms with Gasteiger partial charge in [-0.2, -0.15) is 0 Å². The smallest absolute Gasteiger partial charge is 0.193 e. The maximum atomic E-state index is 5.41. The van der Waals surface area contributed by atoms with Crippen molar-refractivity contribution >= 4 is 29.9 Å². The second kappa shape index (κ2) is 10.9. The average molecular weight is 464 g/mol. The monoisotopic (exact) mass is 464 g/mol. The van der Waals surface area contributed by atoms with Crippen molar-refractivity contribution in [2.24, 2.45) is 10.4 Å². The summed E-state index contributed by atoms with van der Waals surface area (Å²) in [6.45, 7) is 11.6. The number of hydrogen-bond acceptors (Lipinski definition) is 3. The molecular weight excluding hydrogens is 427 g/mol. The standard InChI is InChI=1S/C19H36N4O.HI/c1-2-20-18(21-10-6-11-22-13-15-24-16-14-22)23-12-9-19(17-23)7-4-3-5-8-19;/h2-17H2,1H3,(H,20,21);1H. The lowest BCUT2D eigenvalue weighted by molar-refractivity contribution is 0.0377. The van der Waals surface area contributed by atoms with Gasteiger partial charge in [-0.3, -0.25) is 9.89 Å². The number of aliphatic imine (C=N–C) groups is 1. The first-order chi connectivity index (χ1) is 11.8. The number of guanidine groups is 1. The van der Waals surface area contributed by atoms with Gasteiger partial charge in [0.15, 0.2) is 5.96 Å². The molecule has 1 saturated carbocycles. The van der Waals surface area contributed by atoms with Gasteiger partial charge >= 0.3 is 0 Å². The Morgan fingerprint density at radius 3 is 2.56 bits per heavy atom. The van der Waals surface area contributed by atoms with Gasteiger partial charge in [0, 0.05) is 45.8 Å². The molecule has 2 aliphatic heterocycles. The number of hydrogen-bond donors (Lipinski definition) is 1. The quantitative estimate of drug-likeness (QED) is 0.294. The van der Waals surface area contributed by atoms with Crippen molar-refractivity contribution in [3.05, 3.63) is 0 Å². The summed E-state index contributed by atoms with van der Waals surface area (Å²) in [5.74, 6) is 1.15. The van der Waals surface area contributed by atoms with E-state index < -0.39 is 0 Å². The zero-order valence-corrected chi connectivity index (χ0v) is 18.3. The summed E-state index contributed by atoms with van der Waals surface area (Å²) in [5.41, 5.74) is 0.599. The Kier molecular flexibility index (Phi) is 9.27. The molecule has 0 unspecified atom stereocenters. The first kappa shape index (κ1) is 21.2. The zero-order chi connectivity index (χ0) is 16.7. The molecule has 0 aromatic carbocycles. The molecule has 0 amide bonds. The topological polar surface area (TPSA) is 40.1 Å². The van der Waals surface area contributed by atoms with Crippen LogP contribution in [0, 0.1) is 5.41 Å². The Bertz CT molecular complexity index is 406. The molecule has 0 atom stereocenters. The maximum Gasteiger partial charge on any atom is 0.193 e. The van der Waals surface area contributed by atoms with Crippen molar-refractivity contribution < 1.29 is 4.74 Å². The SMILES string of the molecule is CCNC(=NCCCN1CCOCC1)N1CCC2(CCCCC2)C1.I. The third-order valence-corrected chi connectivity index (χ3v) is 5.98. The minimum absolute atomic E-state index is 0. The number of rotatable bonds is 5. The van der Waals surface area contributed by atoms with Gasteiger partial charge in [-0.25, -0.2) is 0 Å². The van der Waals surface area contributed by atoms with Crippen LogP contribution in [0.25, 0.3) is 0 Å². The number of nitrogens with one attached hydrogen (secondary N) is 1. The Morgan fingerprint density at radius 2 is 1.84 bits per heavy atom. The number of likely N-dealkylation sites (tertiary alicyclic amines) is 1. The molecule has 3 aliphatic rings. The van der Waals surface area contributed by atoms with Gasteiger partial charge < -0.3 is 15.0 Å². The van der Waals surface area contributed by atoms with Crippen LogP contribution in [0.3, 0.4) is 0 Å². The Balaban J connectivity index is 0.00000225. The Morgan fingerprint density at radius 1 is 1.08 bits per heavy atom. The first-order valence-corrected chi connectivity index (χ1v) is 10.1. The Labute approximate surface area is 171 Å². The van der Waals surface area contributed by atoms with E-state index in [4.69, 9.17) is 9.73 Å². The summed E-state index contributed by atoms with van der Waals surface area (Å²) in [7, 11) is 0. The van der Waals surface area contributed by atoms with Gasteiger partial charge in [0.05, 0.1) is 13.2 Å². The molecule has 2 heterocycles. The number of morpholine rings is 1. The van der Waals surface area contributed by atoms with Gasteiger partial charge in [-0.15, -0.1) is 24.0 Å². The highest BCUT2D eigenvalue weighted by molar-refractivity contribution is 14.0. The van der Waals surface area contributed by atoms with Crippen LogP contribution in [0.5, 0.6) is 0 Å². The molecule has 25 heavy (non-hydrogen) atoms. The molecule has 0 radical (unpaired) electrons. The summed E-state index contributed by atoms with van der Waals surface area (Å²) >= 11 is 0. The number of ether oxygens (including phenoxy) is 1. The van der Waals surface area contributed by atoms with E-state index in [2.05, 4.69) is 22.0 Å². The maximum absolute atomic E-state index is 5.41. The fourth-order valence-corrected chi connectivity index (χ4v) is 4.56. The molecule has 0 aromatic heterocycles. The third-order valence-electron chi connectivity index (χ3n) is 5.98. The van der Waals surface area contributed by atoms with E-state index in [0.29, 0.717) is 5.41 Å². The van der Waals surface area contributed by atoms with Gasteiger partial charge in [-0.1, -0.05) is 19.3 Å². The van der Waals surface area contributed by atoms with E-state index in [1.165, 1.54) is 51.6 Å². The second-order valence-corrected chi connectivity index (χ2v) is 7.78. The molecule has 1 aliphatic carbocycles. The van der Waals surface area contributed by atoms with Crippen molar-refractivity contribution in [2.45, 2.75) is 51.9 Å². The van der Waals surface area contributed by atoms with Crippen molar-refractivity contribution in [3.63, 3.8) is 0 Å². The minimum atomic E-state index is 0. The summed E-state index contributed by atoms with van der Waals surface area (Å²) in [5, 5.41) is 3.53. The van der Waals surface area contributed by atoms with Gasteiger partial charge in [0.2, 0.25) is 0 Å². The van der Waals surface area contributed by atoms with Crippen LogP contribution in [-0.4, -0.2) is 74.8 Å². The van der Waals surface area contributed by atoms with E-state index in [1.807, 2.05) is 0 Å². The van der Waals surface area contributed by atoms with Crippen LogP contribution in [0.2, 0.25) is 0 Å².